The smallest absolute Gasteiger partial charge is 0.0162 e. The summed E-state index contributed by atoms with van der Waals surface area (Å²) in [5.41, 5.74) is 7.76. The predicted molar refractivity (Wildman–Crippen MR) is 185 cm³/mol. The minimum atomic E-state index is -1.65. The summed E-state index contributed by atoms with van der Waals surface area (Å²) in [5, 5.41) is 5.42. The van der Waals surface area contributed by atoms with Gasteiger partial charge in [-0.1, -0.05) is 96.5 Å². The van der Waals surface area contributed by atoms with E-state index < -0.39 is 18.0 Å². The first-order valence-corrected chi connectivity index (χ1v) is 27.1. The Balaban J connectivity index is 0.000000144. The van der Waals surface area contributed by atoms with Crippen LogP contribution < -0.4 is 4.90 Å². The molecular formula is C37H37Cl2NSiZr-2. The molecule has 0 atom stereocenters. The number of hydrogen-bond donors (Lipinski definition) is 0. The fraction of sp³-hybridized carbons (Fsp3) is 0.189. The van der Waals surface area contributed by atoms with Crippen LogP contribution >= 0.6 is 17.0 Å². The average molecular weight is 686 g/mol. The van der Waals surface area contributed by atoms with Gasteiger partial charge in [0.1, 0.15) is 0 Å². The summed E-state index contributed by atoms with van der Waals surface area (Å²) in [6.07, 6.45) is 2.65. The van der Waals surface area contributed by atoms with E-state index in [4.69, 9.17) is 17.0 Å². The van der Waals surface area contributed by atoms with Gasteiger partial charge in [0.15, 0.2) is 0 Å². The Morgan fingerprint density at radius 3 is 1.62 bits per heavy atom. The maximum atomic E-state index is 5.62. The van der Waals surface area contributed by atoms with Gasteiger partial charge >= 0.3 is 53.5 Å². The van der Waals surface area contributed by atoms with Crippen molar-refractivity contribution >= 4 is 49.7 Å². The largest absolute Gasteiger partial charge is 0.388 e. The van der Waals surface area contributed by atoms with E-state index in [-0.39, 0.29) is 5.43 Å². The second-order valence-electron chi connectivity index (χ2n) is 11.0. The van der Waals surface area contributed by atoms with E-state index in [0.717, 1.165) is 0 Å². The number of benzene rings is 4. The van der Waals surface area contributed by atoms with Crippen molar-refractivity contribution in [3.8, 4) is 22.3 Å². The van der Waals surface area contributed by atoms with Crippen LogP contribution in [0.5, 0.6) is 0 Å². The van der Waals surface area contributed by atoms with E-state index in [0.29, 0.717) is 0 Å². The van der Waals surface area contributed by atoms with E-state index in [1.54, 1.807) is 0 Å². The molecule has 5 heteroatoms. The summed E-state index contributed by atoms with van der Waals surface area (Å²) in [6.45, 7) is 8.89. The molecule has 6 aromatic rings. The summed E-state index contributed by atoms with van der Waals surface area (Å²) in [5.74, 6) is 0. The number of rotatable bonds is 3. The number of nitrogens with zero attached hydrogens (tertiary/aromatic N) is 1. The Labute approximate surface area is 265 Å². The summed E-state index contributed by atoms with van der Waals surface area (Å²) >= 11 is -1.65. The van der Waals surface area contributed by atoms with Crippen molar-refractivity contribution in [1.29, 1.82) is 0 Å². The van der Waals surface area contributed by atoms with Gasteiger partial charge in [0.25, 0.3) is 0 Å². The van der Waals surface area contributed by atoms with E-state index in [1.165, 1.54) is 81.0 Å². The van der Waals surface area contributed by atoms with Gasteiger partial charge in [0.2, 0.25) is 0 Å². The average Bonchev–Trinajstić information content (AvgIpc) is 3.77. The number of halogens is 2. The Morgan fingerprint density at radius 1 is 0.643 bits per heavy atom. The van der Waals surface area contributed by atoms with Gasteiger partial charge in [-0.2, -0.15) is 6.07 Å². The van der Waals surface area contributed by atoms with Crippen LogP contribution in [0, 0.1) is 6.92 Å². The predicted octanol–water partition coefficient (Wildman–Crippen LogP) is 11.5. The summed E-state index contributed by atoms with van der Waals surface area (Å²) in [4.78, 5) is 2.51. The second kappa shape index (κ2) is 14.8. The molecule has 6 aromatic carbocycles. The first-order valence-electron chi connectivity index (χ1n) is 14.6. The maximum Gasteiger partial charge on any atom is 0.0162 e. The van der Waals surface area contributed by atoms with Crippen molar-refractivity contribution in [2.24, 2.45) is 0 Å². The molecule has 0 spiro atoms. The normalized spacial score (nSPS) is 12.5. The van der Waals surface area contributed by atoms with Crippen LogP contribution in [-0.4, -0.2) is 18.5 Å². The van der Waals surface area contributed by atoms with Crippen LogP contribution in [0.4, 0.5) is 5.69 Å². The molecule has 0 aromatic heterocycles. The molecule has 1 aliphatic heterocycles. The van der Waals surface area contributed by atoms with Crippen molar-refractivity contribution in [3.05, 3.63) is 127 Å². The number of anilines is 1. The number of hydrogen-bond acceptors (Lipinski definition) is 1. The van der Waals surface area contributed by atoms with Gasteiger partial charge in [0, 0.05) is 13.1 Å². The molecule has 1 nitrogen and oxygen atoms in total. The van der Waals surface area contributed by atoms with Gasteiger partial charge in [-0.3, -0.25) is 0 Å². The third kappa shape index (κ3) is 7.74. The second-order valence-corrected chi connectivity index (χ2v) is 34.0. The van der Waals surface area contributed by atoms with Gasteiger partial charge in [-0.25, -0.2) is 0 Å². The van der Waals surface area contributed by atoms with Gasteiger partial charge in [0.05, 0.1) is 0 Å². The molecule has 1 saturated heterocycles. The van der Waals surface area contributed by atoms with Crippen molar-refractivity contribution in [3.63, 3.8) is 0 Å². The summed E-state index contributed by atoms with van der Waals surface area (Å²) in [6, 6.07) is 43.6. The minimum absolute atomic E-state index is 0.224. The monoisotopic (exact) mass is 683 g/mol. The van der Waals surface area contributed by atoms with Crippen molar-refractivity contribution in [1.82, 2.24) is 0 Å². The van der Waals surface area contributed by atoms with Crippen molar-refractivity contribution in [2.45, 2.75) is 32.9 Å². The van der Waals surface area contributed by atoms with Crippen LogP contribution in [0.2, 0.25) is 13.1 Å². The quantitative estimate of drug-likeness (QED) is 0.132. The van der Waals surface area contributed by atoms with Gasteiger partial charge in [-0.15, -0.1) is 69.6 Å². The molecular weight excluding hydrogens is 649 g/mol. The summed E-state index contributed by atoms with van der Waals surface area (Å²) in [7, 11) is 11.2. The molecule has 0 N–H and O–H groups in total. The van der Waals surface area contributed by atoms with Gasteiger partial charge < -0.3 is 4.90 Å². The minimum Gasteiger partial charge on any atom is -0.388 e. The van der Waals surface area contributed by atoms with Crippen LogP contribution in [0.25, 0.3) is 43.8 Å². The van der Waals surface area contributed by atoms with E-state index in [2.05, 4.69) is 146 Å². The molecule has 42 heavy (non-hydrogen) atoms. The van der Waals surface area contributed by atoms with Crippen LogP contribution in [0.1, 0.15) is 18.4 Å². The van der Waals surface area contributed by atoms with Crippen LogP contribution in [0.3, 0.4) is 0 Å². The first kappa shape index (κ1) is 31.0. The Bertz CT molecular complexity index is 1760. The summed E-state index contributed by atoms with van der Waals surface area (Å²) < 4.78 is 0. The molecule has 0 unspecified atom stereocenters. The molecule has 1 aliphatic rings. The molecule has 0 amide bonds. The van der Waals surface area contributed by atoms with E-state index >= 15 is 0 Å². The molecule has 1 fully saturated rings. The topological polar surface area (TPSA) is 3.24 Å². The molecule has 0 saturated carbocycles. The molecule has 0 bridgehead atoms. The Hall–Kier alpha value is -2.42. The Kier molecular flexibility index (Phi) is 11.0. The molecule has 0 radical (unpaired) electrons. The van der Waals surface area contributed by atoms with Crippen LogP contribution in [-0.2, 0) is 18.0 Å². The first-order chi connectivity index (χ1) is 20.4. The fourth-order valence-corrected chi connectivity index (χ4v) is 5.50. The standard InChI is InChI=1S/C19H18N.C16H13.C2H6Si.2ClH.Zr/c1-2-7-15(8-3-1)18-10-6-9-16-13-17(14-19(16)18)20-11-4-5-12-20;1-12-10-14-8-5-9-15(16(14)11-12)13-6-3-2-4-7-13;1-3-2;;;/h1-3,6-10,13-14H,4-5,11-12H2;2-11H,1H3;1-2H3;2*1H;/q2*-1;;;;+2/p-2. The maximum absolute atomic E-state index is 5.62. The Morgan fingerprint density at radius 2 is 1.12 bits per heavy atom. The SMILES string of the molecule is C[Si](C)=[Zr]([Cl])[Cl].Cc1cc2c(-c3ccccc3)cccc2[cH-]1.c1ccc(-c2cccc3[cH-]c(N4CCCC4)cc23)cc1. The molecule has 7 rings (SSSR count). The zero-order valence-electron chi connectivity index (χ0n) is 24.6. The van der Waals surface area contributed by atoms with E-state index in [9.17, 15) is 0 Å². The number of fused-ring (bicyclic) bond motifs is 2. The van der Waals surface area contributed by atoms with Crippen LogP contribution in [0.15, 0.2) is 121 Å². The molecule has 0 aliphatic carbocycles. The third-order valence-corrected chi connectivity index (χ3v) is 27.4. The van der Waals surface area contributed by atoms with Crippen molar-refractivity contribution in [2.75, 3.05) is 18.0 Å². The third-order valence-electron chi connectivity index (χ3n) is 7.65. The molecule has 1 heterocycles. The number of aryl methyl sites for hydroxylation is 1. The zero-order valence-corrected chi connectivity index (χ0v) is 29.5. The molecule has 214 valence electrons. The van der Waals surface area contributed by atoms with E-state index in [1.807, 2.05) is 0 Å². The van der Waals surface area contributed by atoms with Gasteiger partial charge in [-0.05, 0) is 24.0 Å². The van der Waals surface area contributed by atoms with Crippen molar-refractivity contribution < 1.29 is 18.0 Å². The fourth-order valence-electron chi connectivity index (χ4n) is 5.50. The zero-order chi connectivity index (χ0) is 29.5.